The number of nitrogens with zero attached hydrogens (tertiary/aromatic N) is 2. The molecule has 15 heavy (non-hydrogen) atoms. The third kappa shape index (κ3) is 3.34. The Morgan fingerprint density at radius 1 is 1.47 bits per heavy atom. The molecule has 0 atom stereocenters. The maximum absolute atomic E-state index is 4.44. The zero-order valence-electron chi connectivity index (χ0n) is 9.79. The normalized spacial score (nSPS) is 15.9. The molecule has 1 saturated carbocycles. The number of aryl methyl sites for hydroxylation is 3. The van der Waals surface area contributed by atoms with E-state index in [9.17, 15) is 0 Å². The molecule has 1 heterocycles. The van der Waals surface area contributed by atoms with Gasteiger partial charge in [0.2, 0.25) is 0 Å². The van der Waals surface area contributed by atoms with Crippen LogP contribution in [0.2, 0.25) is 0 Å². The molecule has 0 aromatic carbocycles. The highest BCUT2D eigenvalue weighted by Crippen LogP contribution is 2.27. The molecule has 0 unspecified atom stereocenters. The standard InChI is InChI=1S/C12H21N3/c1-10-8-11(2)15(14-10)7-3-6-13-9-12-4-5-12/h8,12-13H,3-7,9H2,1-2H3. The van der Waals surface area contributed by atoms with Gasteiger partial charge in [-0.05, 0) is 58.2 Å². The van der Waals surface area contributed by atoms with Crippen molar-refractivity contribution in [1.82, 2.24) is 15.1 Å². The Labute approximate surface area is 91.9 Å². The summed E-state index contributed by atoms with van der Waals surface area (Å²) >= 11 is 0. The molecular weight excluding hydrogens is 186 g/mol. The number of nitrogens with one attached hydrogen (secondary N) is 1. The van der Waals surface area contributed by atoms with Crippen molar-refractivity contribution < 1.29 is 0 Å². The molecule has 3 heteroatoms. The van der Waals surface area contributed by atoms with Gasteiger partial charge in [0.1, 0.15) is 0 Å². The minimum absolute atomic E-state index is 0.985. The zero-order chi connectivity index (χ0) is 10.7. The summed E-state index contributed by atoms with van der Waals surface area (Å²) < 4.78 is 2.11. The number of hydrogen-bond donors (Lipinski definition) is 1. The summed E-state index contributed by atoms with van der Waals surface area (Å²) in [5.41, 5.74) is 2.40. The Morgan fingerprint density at radius 2 is 2.27 bits per heavy atom. The fourth-order valence-corrected chi connectivity index (χ4v) is 1.88. The van der Waals surface area contributed by atoms with Crippen molar-refractivity contribution in [3.05, 3.63) is 17.5 Å². The maximum Gasteiger partial charge on any atom is 0.0596 e. The van der Waals surface area contributed by atoms with Gasteiger partial charge in [-0.25, -0.2) is 0 Å². The summed E-state index contributed by atoms with van der Waals surface area (Å²) in [6.45, 7) is 7.55. The van der Waals surface area contributed by atoms with Crippen molar-refractivity contribution in [2.75, 3.05) is 13.1 Å². The highest BCUT2D eigenvalue weighted by molar-refractivity contribution is 5.06. The van der Waals surface area contributed by atoms with Crippen LogP contribution in [0.15, 0.2) is 6.07 Å². The van der Waals surface area contributed by atoms with E-state index in [1.807, 2.05) is 0 Å². The average Bonchev–Trinajstić information content (AvgIpc) is 2.94. The van der Waals surface area contributed by atoms with E-state index >= 15 is 0 Å². The van der Waals surface area contributed by atoms with Crippen LogP contribution < -0.4 is 5.32 Å². The molecule has 0 saturated heterocycles. The minimum atomic E-state index is 0.985. The summed E-state index contributed by atoms with van der Waals surface area (Å²) in [6.07, 6.45) is 4.05. The maximum atomic E-state index is 4.44. The third-order valence-corrected chi connectivity index (χ3v) is 2.96. The second-order valence-corrected chi connectivity index (χ2v) is 4.65. The lowest BCUT2D eigenvalue weighted by atomic mass is 10.3. The van der Waals surface area contributed by atoms with Crippen LogP contribution in [0, 0.1) is 19.8 Å². The van der Waals surface area contributed by atoms with Crippen LogP contribution in [0.1, 0.15) is 30.7 Å². The van der Waals surface area contributed by atoms with Gasteiger partial charge in [-0.3, -0.25) is 4.68 Å². The van der Waals surface area contributed by atoms with E-state index in [1.165, 1.54) is 31.5 Å². The zero-order valence-corrected chi connectivity index (χ0v) is 9.79. The van der Waals surface area contributed by atoms with E-state index < -0.39 is 0 Å². The number of hydrogen-bond acceptors (Lipinski definition) is 2. The van der Waals surface area contributed by atoms with Crippen molar-refractivity contribution >= 4 is 0 Å². The minimum Gasteiger partial charge on any atom is -0.316 e. The fourth-order valence-electron chi connectivity index (χ4n) is 1.88. The van der Waals surface area contributed by atoms with Gasteiger partial charge in [0.25, 0.3) is 0 Å². The first kappa shape index (κ1) is 10.7. The number of rotatable bonds is 6. The molecule has 1 aliphatic rings. The van der Waals surface area contributed by atoms with Gasteiger partial charge in [-0.2, -0.15) is 5.10 Å². The van der Waals surface area contributed by atoms with Crippen molar-refractivity contribution in [1.29, 1.82) is 0 Å². The Hall–Kier alpha value is -0.830. The van der Waals surface area contributed by atoms with Crippen molar-refractivity contribution in [3.8, 4) is 0 Å². The van der Waals surface area contributed by atoms with E-state index in [0.29, 0.717) is 0 Å². The van der Waals surface area contributed by atoms with Crippen LogP contribution in [-0.2, 0) is 6.54 Å². The highest BCUT2D eigenvalue weighted by atomic mass is 15.3. The summed E-state index contributed by atoms with van der Waals surface area (Å²) in [5, 5.41) is 7.95. The van der Waals surface area contributed by atoms with Crippen LogP contribution in [0.25, 0.3) is 0 Å². The molecule has 2 rings (SSSR count). The van der Waals surface area contributed by atoms with Gasteiger partial charge in [0.05, 0.1) is 5.69 Å². The monoisotopic (exact) mass is 207 g/mol. The first-order valence-corrected chi connectivity index (χ1v) is 5.97. The first-order valence-electron chi connectivity index (χ1n) is 5.97. The van der Waals surface area contributed by atoms with Crippen LogP contribution in [0.5, 0.6) is 0 Å². The van der Waals surface area contributed by atoms with Gasteiger partial charge in [-0.15, -0.1) is 0 Å². The van der Waals surface area contributed by atoms with Gasteiger partial charge in [0.15, 0.2) is 0 Å². The molecule has 0 amide bonds. The quantitative estimate of drug-likeness (QED) is 0.722. The lowest BCUT2D eigenvalue weighted by Crippen LogP contribution is -2.19. The summed E-state index contributed by atoms with van der Waals surface area (Å²) in [6, 6.07) is 2.14. The predicted octanol–water partition coefficient (Wildman–Crippen LogP) is 1.89. The average molecular weight is 207 g/mol. The molecular formula is C12H21N3. The lowest BCUT2D eigenvalue weighted by molar-refractivity contribution is 0.525. The molecule has 1 N–H and O–H groups in total. The van der Waals surface area contributed by atoms with Crippen LogP contribution in [0.4, 0.5) is 0 Å². The Bertz CT molecular complexity index is 313. The van der Waals surface area contributed by atoms with E-state index in [2.05, 4.69) is 35.0 Å². The molecule has 1 aromatic rings. The van der Waals surface area contributed by atoms with E-state index in [1.54, 1.807) is 0 Å². The molecule has 0 bridgehead atoms. The Balaban J connectivity index is 1.62. The van der Waals surface area contributed by atoms with E-state index in [4.69, 9.17) is 0 Å². The number of aromatic nitrogens is 2. The van der Waals surface area contributed by atoms with E-state index in [0.717, 1.165) is 24.7 Å². The summed E-state index contributed by atoms with van der Waals surface area (Å²) in [5.74, 6) is 0.985. The largest absolute Gasteiger partial charge is 0.316 e. The molecule has 1 fully saturated rings. The smallest absolute Gasteiger partial charge is 0.0596 e. The topological polar surface area (TPSA) is 29.9 Å². The van der Waals surface area contributed by atoms with Gasteiger partial charge in [0, 0.05) is 12.2 Å². The molecule has 3 nitrogen and oxygen atoms in total. The van der Waals surface area contributed by atoms with Gasteiger partial charge < -0.3 is 5.32 Å². The van der Waals surface area contributed by atoms with Crippen LogP contribution in [-0.4, -0.2) is 22.9 Å². The highest BCUT2D eigenvalue weighted by Gasteiger charge is 2.19. The van der Waals surface area contributed by atoms with Crippen molar-refractivity contribution in [3.63, 3.8) is 0 Å². The van der Waals surface area contributed by atoms with Crippen molar-refractivity contribution in [2.24, 2.45) is 5.92 Å². The van der Waals surface area contributed by atoms with Crippen LogP contribution in [0.3, 0.4) is 0 Å². The third-order valence-electron chi connectivity index (χ3n) is 2.96. The predicted molar refractivity (Wildman–Crippen MR) is 61.9 cm³/mol. The first-order chi connectivity index (χ1) is 7.25. The second-order valence-electron chi connectivity index (χ2n) is 4.65. The Morgan fingerprint density at radius 3 is 2.87 bits per heavy atom. The Kier molecular flexibility index (Phi) is 3.41. The SMILES string of the molecule is Cc1cc(C)n(CCCNCC2CC2)n1. The van der Waals surface area contributed by atoms with Crippen LogP contribution >= 0.6 is 0 Å². The second kappa shape index (κ2) is 4.79. The summed E-state index contributed by atoms with van der Waals surface area (Å²) in [7, 11) is 0. The molecule has 0 spiro atoms. The molecule has 1 aliphatic carbocycles. The van der Waals surface area contributed by atoms with Gasteiger partial charge >= 0.3 is 0 Å². The van der Waals surface area contributed by atoms with Gasteiger partial charge in [-0.1, -0.05) is 0 Å². The molecule has 0 aliphatic heterocycles. The molecule has 0 radical (unpaired) electrons. The molecule has 1 aromatic heterocycles. The van der Waals surface area contributed by atoms with Crippen molar-refractivity contribution in [2.45, 2.75) is 39.7 Å². The lowest BCUT2D eigenvalue weighted by Gasteiger charge is -2.05. The summed E-state index contributed by atoms with van der Waals surface area (Å²) in [4.78, 5) is 0. The van der Waals surface area contributed by atoms with E-state index in [-0.39, 0.29) is 0 Å². The fraction of sp³-hybridized carbons (Fsp3) is 0.750. The molecule has 84 valence electrons.